The van der Waals surface area contributed by atoms with Crippen molar-refractivity contribution in [3.63, 3.8) is 0 Å². The van der Waals surface area contributed by atoms with Crippen LogP contribution in [0.4, 0.5) is 0 Å². The van der Waals surface area contributed by atoms with Crippen molar-refractivity contribution in [2.45, 2.75) is 18.7 Å². The molecule has 1 heterocycles. The maximum atomic E-state index is 12.7. The summed E-state index contributed by atoms with van der Waals surface area (Å²) in [5.41, 5.74) is 3.41. The molecule has 24 heavy (non-hydrogen) atoms. The van der Waals surface area contributed by atoms with Gasteiger partial charge in [-0.25, -0.2) is 8.42 Å². The summed E-state index contributed by atoms with van der Waals surface area (Å²) in [5, 5.41) is 10.3. The van der Waals surface area contributed by atoms with Crippen LogP contribution in [0.25, 0.3) is 17.0 Å². The predicted octanol–water partition coefficient (Wildman–Crippen LogP) is 4.12. The fourth-order valence-corrected chi connectivity index (χ4v) is 3.77. The molecule has 2 aromatic carbocycles. The van der Waals surface area contributed by atoms with Gasteiger partial charge in [0.15, 0.2) is 0 Å². The summed E-state index contributed by atoms with van der Waals surface area (Å²) in [5.74, 6) is 0. The molecule has 1 aromatic heterocycles. The number of aromatic nitrogens is 1. The topological polar surface area (TPSA) is 73.7 Å². The highest BCUT2D eigenvalue weighted by Crippen LogP contribution is 2.27. The monoisotopic (exact) mass is 336 g/mol. The zero-order chi connectivity index (χ0) is 17.3. The van der Waals surface area contributed by atoms with Crippen LogP contribution in [-0.2, 0) is 9.84 Å². The Morgan fingerprint density at radius 1 is 1.08 bits per heavy atom. The van der Waals surface area contributed by atoms with E-state index in [4.69, 9.17) is 0 Å². The number of hydrogen-bond acceptors (Lipinski definition) is 3. The van der Waals surface area contributed by atoms with Crippen LogP contribution in [0.1, 0.15) is 16.8 Å². The number of H-pyrrole nitrogens is 1. The number of sulfone groups is 1. The molecule has 0 aliphatic carbocycles. The van der Waals surface area contributed by atoms with Crippen molar-refractivity contribution in [1.29, 1.82) is 5.26 Å². The number of nitrogens with one attached hydrogen (secondary N) is 1. The lowest BCUT2D eigenvalue weighted by atomic mass is 10.1. The van der Waals surface area contributed by atoms with Crippen molar-refractivity contribution >= 4 is 26.8 Å². The summed E-state index contributed by atoms with van der Waals surface area (Å²) >= 11 is 0. The molecule has 0 amide bonds. The minimum Gasteiger partial charge on any atom is -0.358 e. The number of rotatable bonds is 3. The van der Waals surface area contributed by atoms with Crippen LogP contribution < -0.4 is 0 Å². The van der Waals surface area contributed by atoms with Gasteiger partial charge in [0.05, 0.1) is 4.90 Å². The van der Waals surface area contributed by atoms with Crippen LogP contribution in [0.5, 0.6) is 0 Å². The molecule has 0 aliphatic heterocycles. The van der Waals surface area contributed by atoms with Gasteiger partial charge in [-0.1, -0.05) is 35.9 Å². The van der Waals surface area contributed by atoms with Gasteiger partial charge in [-0.15, -0.1) is 0 Å². The number of nitrogens with zero attached hydrogens (tertiary/aromatic N) is 1. The summed E-state index contributed by atoms with van der Waals surface area (Å²) in [4.78, 5) is 3.07. The number of benzene rings is 2. The minimum atomic E-state index is -3.84. The molecule has 120 valence electrons. The number of fused-ring (bicyclic) bond motifs is 1. The summed E-state index contributed by atoms with van der Waals surface area (Å²) in [6, 6.07) is 15.9. The molecule has 3 aromatic rings. The second-order valence-corrected chi connectivity index (χ2v) is 7.56. The van der Waals surface area contributed by atoms with E-state index < -0.39 is 9.84 Å². The van der Waals surface area contributed by atoms with Crippen LogP contribution in [0, 0.1) is 25.2 Å². The van der Waals surface area contributed by atoms with Crippen LogP contribution in [0.3, 0.4) is 0 Å². The molecule has 0 aliphatic rings. The van der Waals surface area contributed by atoms with Crippen molar-refractivity contribution < 1.29 is 8.42 Å². The van der Waals surface area contributed by atoms with E-state index in [0.29, 0.717) is 0 Å². The Morgan fingerprint density at radius 2 is 1.75 bits per heavy atom. The van der Waals surface area contributed by atoms with Gasteiger partial charge in [-0.3, -0.25) is 0 Å². The summed E-state index contributed by atoms with van der Waals surface area (Å²) in [6.45, 7) is 3.74. The number of para-hydroxylation sites is 1. The van der Waals surface area contributed by atoms with Crippen LogP contribution in [0.15, 0.2) is 58.3 Å². The van der Waals surface area contributed by atoms with E-state index in [1.54, 1.807) is 12.1 Å². The minimum absolute atomic E-state index is 0.124. The first-order valence-electron chi connectivity index (χ1n) is 7.44. The van der Waals surface area contributed by atoms with Crippen LogP contribution >= 0.6 is 0 Å². The van der Waals surface area contributed by atoms with E-state index in [1.807, 2.05) is 44.2 Å². The molecule has 4 nitrogen and oxygen atoms in total. The third-order valence-electron chi connectivity index (χ3n) is 3.95. The van der Waals surface area contributed by atoms with Crippen molar-refractivity contribution in [3.05, 3.63) is 70.3 Å². The molecule has 0 unspecified atom stereocenters. The Bertz CT molecular complexity index is 1080. The third kappa shape index (κ3) is 2.72. The Hall–Kier alpha value is -2.84. The van der Waals surface area contributed by atoms with Gasteiger partial charge in [0.2, 0.25) is 9.84 Å². The number of nitriles is 1. The zero-order valence-electron chi connectivity index (χ0n) is 13.4. The van der Waals surface area contributed by atoms with Gasteiger partial charge in [0.1, 0.15) is 11.0 Å². The third-order valence-corrected chi connectivity index (χ3v) is 5.63. The van der Waals surface area contributed by atoms with Gasteiger partial charge in [-0.05, 0) is 38.1 Å². The lowest BCUT2D eigenvalue weighted by Gasteiger charge is -2.04. The van der Waals surface area contributed by atoms with E-state index in [1.165, 1.54) is 18.2 Å². The van der Waals surface area contributed by atoms with Gasteiger partial charge in [-0.2, -0.15) is 5.26 Å². The highest BCUT2D eigenvalue weighted by atomic mass is 32.2. The van der Waals surface area contributed by atoms with Crippen molar-refractivity contribution in [1.82, 2.24) is 4.98 Å². The summed E-state index contributed by atoms with van der Waals surface area (Å²) in [7, 11) is -3.84. The summed E-state index contributed by atoms with van der Waals surface area (Å²) in [6.07, 6.45) is 1.45. The molecule has 0 bridgehead atoms. The number of aryl methyl sites for hydroxylation is 2. The first-order chi connectivity index (χ1) is 11.4. The molecule has 0 fully saturated rings. The first-order valence-corrected chi connectivity index (χ1v) is 8.92. The number of allylic oxidation sites excluding steroid dienone is 1. The lowest BCUT2D eigenvalue weighted by molar-refractivity contribution is 0.603. The van der Waals surface area contributed by atoms with Crippen LogP contribution in [-0.4, -0.2) is 13.4 Å². The van der Waals surface area contributed by atoms with Crippen molar-refractivity contribution in [2.24, 2.45) is 0 Å². The molecule has 1 N–H and O–H groups in total. The normalized spacial score (nSPS) is 12.3. The SMILES string of the molecule is Cc1ccc(S(=O)(=O)/C(C#N)=C\c2c(C)[nH]c3ccccc23)cc1. The molecule has 0 saturated heterocycles. The van der Waals surface area contributed by atoms with Gasteiger partial charge >= 0.3 is 0 Å². The zero-order valence-corrected chi connectivity index (χ0v) is 14.2. The molecule has 0 radical (unpaired) electrons. The van der Waals surface area contributed by atoms with Crippen LogP contribution in [0.2, 0.25) is 0 Å². The van der Waals surface area contributed by atoms with Gasteiger partial charge in [0, 0.05) is 22.2 Å². The van der Waals surface area contributed by atoms with E-state index >= 15 is 0 Å². The fourth-order valence-electron chi connectivity index (χ4n) is 2.63. The van der Waals surface area contributed by atoms with E-state index in [-0.39, 0.29) is 9.80 Å². The van der Waals surface area contributed by atoms with Gasteiger partial charge < -0.3 is 4.98 Å². The van der Waals surface area contributed by atoms with Gasteiger partial charge in [0.25, 0.3) is 0 Å². The number of hydrogen-bond donors (Lipinski definition) is 1. The van der Waals surface area contributed by atoms with Crippen molar-refractivity contribution in [3.8, 4) is 6.07 Å². The maximum Gasteiger partial charge on any atom is 0.216 e. The first kappa shape index (κ1) is 16.0. The smallest absolute Gasteiger partial charge is 0.216 e. The molecular weight excluding hydrogens is 320 g/mol. The second-order valence-electron chi connectivity index (χ2n) is 5.65. The molecule has 0 spiro atoms. The standard InChI is InChI=1S/C19H16N2O2S/c1-13-7-9-15(10-8-13)24(22,23)16(12-20)11-18-14(2)21-19-6-4-3-5-17(18)19/h3-11,21H,1-2H3/b16-11-. The predicted molar refractivity (Wildman–Crippen MR) is 95.0 cm³/mol. The highest BCUT2D eigenvalue weighted by Gasteiger charge is 2.21. The van der Waals surface area contributed by atoms with E-state index in [9.17, 15) is 13.7 Å². The largest absolute Gasteiger partial charge is 0.358 e. The Labute approximate surface area is 141 Å². The summed E-state index contributed by atoms with van der Waals surface area (Å²) < 4.78 is 25.5. The Kier molecular flexibility index (Phi) is 4.00. The highest BCUT2D eigenvalue weighted by molar-refractivity contribution is 7.95. The fraction of sp³-hybridized carbons (Fsp3) is 0.105. The lowest BCUT2D eigenvalue weighted by Crippen LogP contribution is -2.03. The molecule has 5 heteroatoms. The molecular formula is C19H16N2O2S. The van der Waals surface area contributed by atoms with Crippen molar-refractivity contribution in [2.75, 3.05) is 0 Å². The van der Waals surface area contributed by atoms with E-state index in [0.717, 1.165) is 27.7 Å². The average molecular weight is 336 g/mol. The number of aromatic amines is 1. The molecule has 3 rings (SSSR count). The van der Waals surface area contributed by atoms with E-state index in [2.05, 4.69) is 4.98 Å². The Morgan fingerprint density at radius 3 is 2.42 bits per heavy atom. The quantitative estimate of drug-likeness (QED) is 0.731. The average Bonchev–Trinajstić information content (AvgIpc) is 2.88. The molecule has 0 atom stereocenters. The second kappa shape index (κ2) is 5.99. The maximum absolute atomic E-state index is 12.7. The Balaban J connectivity index is 2.17. The molecule has 0 saturated carbocycles.